The molecule has 3 heteroatoms. The largest absolute Gasteiger partial charge is 0.391 e. The molecular weight excluding hydrogens is 254 g/mol. The third-order valence-corrected chi connectivity index (χ3v) is 4.41. The number of hydrogen-bond donors (Lipinski definition) is 2. The standard InChI is InChI=1S/C16H27NOS/c1-12(2)9-10-19-15-7-5-14(6-8-15)13(3)16(18)11-17-4/h5-8,12-13,16-18H,9-11H2,1-4H3. The van der Waals surface area contributed by atoms with Crippen molar-refractivity contribution < 1.29 is 5.11 Å². The average Bonchev–Trinajstić information content (AvgIpc) is 2.38. The van der Waals surface area contributed by atoms with Crippen molar-refractivity contribution in [3.05, 3.63) is 29.8 Å². The van der Waals surface area contributed by atoms with Gasteiger partial charge < -0.3 is 10.4 Å². The van der Waals surface area contributed by atoms with E-state index < -0.39 is 0 Å². The lowest BCUT2D eigenvalue weighted by Crippen LogP contribution is -2.28. The fourth-order valence-electron chi connectivity index (χ4n) is 1.89. The van der Waals surface area contributed by atoms with E-state index in [1.54, 1.807) is 0 Å². The Morgan fingerprint density at radius 1 is 1.16 bits per heavy atom. The van der Waals surface area contributed by atoms with Crippen molar-refractivity contribution in [1.82, 2.24) is 5.32 Å². The van der Waals surface area contributed by atoms with Crippen LogP contribution in [0.2, 0.25) is 0 Å². The Balaban J connectivity index is 2.51. The molecule has 0 heterocycles. The van der Waals surface area contributed by atoms with Crippen LogP contribution < -0.4 is 5.32 Å². The van der Waals surface area contributed by atoms with Crippen LogP contribution in [-0.2, 0) is 0 Å². The molecule has 0 amide bonds. The zero-order valence-corrected chi connectivity index (χ0v) is 13.3. The van der Waals surface area contributed by atoms with Gasteiger partial charge in [-0.05, 0) is 42.8 Å². The summed E-state index contributed by atoms with van der Waals surface area (Å²) in [6, 6.07) is 8.62. The predicted molar refractivity (Wildman–Crippen MR) is 85.0 cm³/mol. The number of thioether (sulfide) groups is 1. The monoisotopic (exact) mass is 281 g/mol. The molecule has 1 rings (SSSR count). The molecule has 0 saturated heterocycles. The molecule has 1 aromatic carbocycles. The maximum Gasteiger partial charge on any atom is 0.0730 e. The Bertz CT molecular complexity index is 350. The summed E-state index contributed by atoms with van der Waals surface area (Å²) in [5, 5.41) is 13.0. The molecule has 19 heavy (non-hydrogen) atoms. The van der Waals surface area contributed by atoms with E-state index in [9.17, 15) is 5.11 Å². The second-order valence-electron chi connectivity index (χ2n) is 5.51. The van der Waals surface area contributed by atoms with Gasteiger partial charge in [0.25, 0.3) is 0 Å². The highest BCUT2D eigenvalue weighted by Gasteiger charge is 2.15. The number of aliphatic hydroxyl groups is 1. The number of nitrogens with one attached hydrogen (secondary N) is 1. The lowest BCUT2D eigenvalue weighted by molar-refractivity contribution is 0.149. The Labute approximate surface area is 122 Å². The van der Waals surface area contributed by atoms with Crippen LogP contribution in [0.4, 0.5) is 0 Å². The predicted octanol–water partition coefficient (Wildman–Crippen LogP) is 3.51. The van der Waals surface area contributed by atoms with Gasteiger partial charge in [0.15, 0.2) is 0 Å². The van der Waals surface area contributed by atoms with E-state index >= 15 is 0 Å². The molecule has 0 aliphatic heterocycles. The minimum atomic E-state index is -0.329. The van der Waals surface area contributed by atoms with E-state index in [1.165, 1.54) is 22.6 Å². The Morgan fingerprint density at radius 3 is 2.32 bits per heavy atom. The molecule has 0 bridgehead atoms. The number of likely N-dealkylation sites (N-methyl/N-ethyl adjacent to an activating group) is 1. The first-order chi connectivity index (χ1) is 9.04. The fourth-order valence-corrected chi connectivity index (χ4v) is 3.04. The van der Waals surface area contributed by atoms with Gasteiger partial charge in [0, 0.05) is 17.4 Å². The van der Waals surface area contributed by atoms with Crippen LogP contribution in [0.3, 0.4) is 0 Å². The molecule has 0 fully saturated rings. The van der Waals surface area contributed by atoms with E-state index in [-0.39, 0.29) is 12.0 Å². The summed E-state index contributed by atoms with van der Waals surface area (Å²) < 4.78 is 0. The smallest absolute Gasteiger partial charge is 0.0730 e. The van der Waals surface area contributed by atoms with E-state index in [0.717, 1.165) is 5.92 Å². The van der Waals surface area contributed by atoms with E-state index in [4.69, 9.17) is 0 Å². The minimum absolute atomic E-state index is 0.169. The third-order valence-electron chi connectivity index (χ3n) is 3.36. The van der Waals surface area contributed by atoms with E-state index in [0.29, 0.717) is 6.54 Å². The second-order valence-corrected chi connectivity index (χ2v) is 6.68. The maximum atomic E-state index is 9.98. The highest BCUT2D eigenvalue weighted by atomic mass is 32.2. The fraction of sp³-hybridized carbons (Fsp3) is 0.625. The summed E-state index contributed by atoms with van der Waals surface area (Å²) >= 11 is 1.91. The van der Waals surface area contributed by atoms with Gasteiger partial charge in [-0.25, -0.2) is 0 Å². The van der Waals surface area contributed by atoms with Gasteiger partial charge in [-0.3, -0.25) is 0 Å². The SMILES string of the molecule is CNCC(O)C(C)c1ccc(SCCC(C)C)cc1. The number of hydrogen-bond acceptors (Lipinski definition) is 3. The second kappa shape index (κ2) is 8.62. The van der Waals surface area contributed by atoms with Crippen LogP contribution in [0.15, 0.2) is 29.2 Å². The molecule has 0 spiro atoms. The molecule has 2 unspecified atom stereocenters. The number of rotatable bonds is 8. The van der Waals surface area contributed by atoms with Crippen molar-refractivity contribution in [2.24, 2.45) is 5.92 Å². The van der Waals surface area contributed by atoms with Crippen molar-refractivity contribution >= 4 is 11.8 Å². The van der Waals surface area contributed by atoms with Crippen LogP contribution in [-0.4, -0.2) is 30.6 Å². The quantitative estimate of drug-likeness (QED) is 0.715. The normalized spacial score (nSPS) is 14.6. The molecule has 0 aromatic heterocycles. The van der Waals surface area contributed by atoms with Gasteiger partial charge in [-0.1, -0.05) is 32.9 Å². The molecular formula is C16H27NOS. The first-order valence-corrected chi connectivity index (χ1v) is 8.08. The maximum absolute atomic E-state index is 9.98. The van der Waals surface area contributed by atoms with Gasteiger partial charge in [0.2, 0.25) is 0 Å². The van der Waals surface area contributed by atoms with Crippen molar-refractivity contribution in [3.63, 3.8) is 0 Å². The number of benzene rings is 1. The molecule has 0 saturated carbocycles. The molecule has 108 valence electrons. The van der Waals surface area contributed by atoms with Crippen molar-refractivity contribution in [1.29, 1.82) is 0 Å². The lowest BCUT2D eigenvalue weighted by Gasteiger charge is -2.19. The van der Waals surface area contributed by atoms with Crippen molar-refractivity contribution in [3.8, 4) is 0 Å². The minimum Gasteiger partial charge on any atom is -0.391 e. The summed E-state index contributed by atoms with van der Waals surface area (Å²) in [6.45, 7) is 7.22. The molecule has 0 aliphatic rings. The third kappa shape index (κ3) is 5.98. The first kappa shape index (κ1) is 16.5. The van der Waals surface area contributed by atoms with E-state index in [1.807, 2.05) is 18.8 Å². The van der Waals surface area contributed by atoms with Crippen LogP contribution in [0, 0.1) is 5.92 Å². The average molecular weight is 281 g/mol. The topological polar surface area (TPSA) is 32.3 Å². The van der Waals surface area contributed by atoms with Crippen LogP contribution in [0.5, 0.6) is 0 Å². The summed E-state index contributed by atoms with van der Waals surface area (Å²) in [6.07, 6.45) is 0.924. The zero-order chi connectivity index (χ0) is 14.3. The molecule has 2 atom stereocenters. The highest BCUT2D eigenvalue weighted by molar-refractivity contribution is 7.99. The van der Waals surface area contributed by atoms with Gasteiger partial charge >= 0.3 is 0 Å². The molecule has 2 nitrogen and oxygen atoms in total. The molecule has 0 aliphatic carbocycles. The van der Waals surface area contributed by atoms with Crippen molar-refractivity contribution in [2.75, 3.05) is 19.3 Å². The van der Waals surface area contributed by atoms with Gasteiger partial charge in [0.05, 0.1) is 6.10 Å². The van der Waals surface area contributed by atoms with Gasteiger partial charge in [-0.2, -0.15) is 0 Å². The van der Waals surface area contributed by atoms with Crippen molar-refractivity contribution in [2.45, 2.75) is 44.1 Å². The summed E-state index contributed by atoms with van der Waals surface area (Å²) in [5.41, 5.74) is 1.20. The van der Waals surface area contributed by atoms with Gasteiger partial charge in [0.1, 0.15) is 0 Å². The number of aliphatic hydroxyl groups excluding tert-OH is 1. The first-order valence-electron chi connectivity index (χ1n) is 7.10. The van der Waals surface area contributed by atoms with Crippen LogP contribution in [0.1, 0.15) is 38.7 Å². The van der Waals surface area contributed by atoms with Crippen LogP contribution >= 0.6 is 11.8 Å². The Kier molecular flexibility index (Phi) is 7.51. The van der Waals surface area contributed by atoms with E-state index in [2.05, 4.69) is 50.4 Å². The summed E-state index contributed by atoms with van der Waals surface area (Å²) in [7, 11) is 1.87. The van der Waals surface area contributed by atoms with Gasteiger partial charge in [-0.15, -0.1) is 11.8 Å². The molecule has 1 aromatic rings. The highest BCUT2D eigenvalue weighted by Crippen LogP contribution is 2.24. The Hall–Kier alpha value is -0.510. The summed E-state index contributed by atoms with van der Waals surface area (Å²) in [5.74, 6) is 2.11. The molecule has 2 N–H and O–H groups in total. The lowest BCUT2D eigenvalue weighted by atomic mass is 9.95. The zero-order valence-electron chi connectivity index (χ0n) is 12.5. The summed E-state index contributed by atoms with van der Waals surface area (Å²) in [4.78, 5) is 1.32. The molecule has 0 radical (unpaired) electrons. The Morgan fingerprint density at radius 2 is 1.79 bits per heavy atom. The van der Waals surface area contributed by atoms with Crippen LogP contribution in [0.25, 0.3) is 0 Å².